The van der Waals surface area contributed by atoms with Crippen LogP contribution in [0, 0.1) is 0 Å². The van der Waals surface area contributed by atoms with Gasteiger partial charge in [0.05, 0.1) is 11.5 Å². The van der Waals surface area contributed by atoms with Crippen molar-refractivity contribution >= 4 is 33.0 Å². The quantitative estimate of drug-likeness (QED) is 0.760. The van der Waals surface area contributed by atoms with E-state index in [-0.39, 0.29) is 22.5 Å². The summed E-state index contributed by atoms with van der Waals surface area (Å²) in [5.41, 5.74) is 5.99. The van der Waals surface area contributed by atoms with E-state index >= 15 is 0 Å². The fourth-order valence-corrected chi connectivity index (χ4v) is 3.39. The molecule has 1 aromatic heterocycles. The van der Waals surface area contributed by atoms with Gasteiger partial charge in [-0.3, -0.25) is 0 Å². The number of hydrogen-bond acceptors (Lipinski definition) is 6. The smallest absolute Gasteiger partial charge is 0.223 e. The molecule has 1 saturated heterocycles. The number of aromatic nitrogens is 2. The summed E-state index contributed by atoms with van der Waals surface area (Å²) in [6, 6.07) is 1.72. The highest BCUT2D eigenvalue weighted by molar-refractivity contribution is 7.91. The lowest BCUT2D eigenvalue weighted by atomic mass is 10.2. The summed E-state index contributed by atoms with van der Waals surface area (Å²) in [5.74, 6) is 0.851. The molecule has 0 radical (unpaired) electrons. The molecular weight excluding hydrogens is 272 g/mol. The van der Waals surface area contributed by atoms with Crippen molar-refractivity contribution in [3.63, 3.8) is 0 Å². The largest absolute Gasteiger partial charge is 0.388 e. The van der Waals surface area contributed by atoms with Crippen LogP contribution in [0.2, 0.25) is 0 Å². The maximum absolute atomic E-state index is 11.3. The molecule has 8 heteroatoms. The maximum Gasteiger partial charge on any atom is 0.223 e. The zero-order valence-corrected chi connectivity index (χ0v) is 11.3. The molecule has 0 aliphatic carbocycles. The summed E-state index contributed by atoms with van der Waals surface area (Å²) in [6.45, 7) is 0. The van der Waals surface area contributed by atoms with Crippen molar-refractivity contribution in [2.75, 3.05) is 16.8 Å². The SMILES string of the molecule is NC(=S)c1ccnc(NC2CCS(=O)(=O)CC2)n1. The summed E-state index contributed by atoms with van der Waals surface area (Å²) in [4.78, 5) is 8.44. The van der Waals surface area contributed by atoms with Crippen LogP contribution < -0.4 is 11.1 Å². The topological polar surface area (TPSA) is 98.0 Å². The minimum atomic E-state index is -2.85. The molecule has 1 aliphatic heterocycles. The summed E-state index contributed by atoms with van der Waals surface area (Å²) < 4.78 is 22.6. The van der Waals surface area contributed by atoms with Crippen LogP contribution in [-0.2, 0) is 9.84 Å². The Morgan fingerprint density at radius 1 is 1.44 bits per heavy atom. The Morgan fingerprint density at radius 2 is 2.11 bits per heavy atom. The summed E-state index contributed by atoms with van der Waals surface area (Å²) in [5, 5.41) is 3.11. The second-order valence-corrected chi connectivity index (χ2v) is 6.94. The second kappa shape index (κ2) is 5.15. The molecule has 0 amide bonds. The van der Waals surface area contributed by atoms with Gasteiger partial charge in [0.1, 0.15) is 20.5 Å². The Hall–Kier alpha value is -1.28. The minimum Gasteiger partial charge on any atom is -0.388 e. The molecule has 2 rings (SSSR count). The molecule has 0 atom stereocenters. The lowest BCUT2D eigenvalue weighted by Gasteiger charge is -2.22. The van der Waals surface area contributed by atoms with Crippen molar-refractivity contribution in [2.24, 2.45) is 5.73 Å². The summed E-state index contributed by atoms with van der Waals surface area (Å²) in [6.07, 6.45) is 2.72. The van der Waals surface area contributed by atoms with Crippen LogP contribution in [-0.4, -0.2) is 40.9 Å². The van der Waals surface area contributed by atoms with E-state index in [2.05, 4.69) is 15.3 Å². The lowest BCUT2D eigenvalue weighted by Crippen LogP contribution is -2.32. The van der Waals surface area contributed by atoms with Gasteiger partial charge in [0.15, 0.2) is 0 Å². The van der Waals surface area contributed by atoms with E-state index in [1.807, 2.05) is 0 Å². The van der Waals surface area contributed by atoms with E-state index in [1.165, 1.54) is 0 Å². The fourth-order valence-electron chi connectivity index (χ4n) is 1.78. The molecular formula is C10H14N4O2S2. The predicted octanol–water partition coefficient (Wildman–Crippen LogP) is 0.0999. The standard InChI is InChI=1S/C10H14N4O2S2/c11-9(17)8-1-4-12-10(14-8)13-7-2-5-18(15,16)6-3-7/h1,4,7H,2-3,5-6H2,(H2,11,17)(H,12,13,14). The molecule has 0 aromatic carbocycles. The van der Waals surface area contributed by atoms with Crippen molar-refractivity contribution in [2.45, 2.75) is 18.9 Å². The van der Waals surface area contributed by atoms with E-state index in [0.29, 0.717) is 24.5 Å². The average Bonchev–Trinajstić information content (AvgIpc) is 2.32. The van der Waals surface area contributed by atoms with Gasteiger partial charge in [-0.1, -0.05) is 12.2 Å². The van der Waals surface area contributed by atoms with E-state index in [1.54, 1.807) is 12.3 Å². The molecule has 98 valence electrons. The molecule has 6 nitrogen and oxygen atoms in total. The molecule has 0 saturated carbocycles. The number of hydrogen-bond donors (Lipinski definition) is 2. The Kier molecular flexibility index (Phi) is 3.76. The van der Waals surface area contributed by atoms with Gasteiger partial charge in [0.25, 0.3) is 0 Å². The van der Waals surface area contributed by atoms with E-state index in [4.69, 9.17) is 18.0 Å². The maximum atomic E-state index is 11.3. The van der Waals surface area contributed by atoms with Gasteiger partial charge in [0, 0.05) is 12.2 Å². The molecule has 3 N–H and O–H groups in total. The van der Waals surface area contributed by atoms with E-state index in [9.17, 15) is 8.42 Å². The number of rotatable bonds is 3. The van der Waals surface area contributed by atoms with Crippen LogP contribution >= 0.6 is 12.2 Å². The van der Waals surface area contributed by atoms with Crippen molar-refractivity contribution in [3.8, 4) is 0 Å². The van der Waals surface area contributed by atoms with Gasteiger partial charge in [-0.15, -0.1) is 0 Å². The number of thiocarbonyl (C=S) groups is 1. The van der Waals surface area contributed by atoms with Crippen molar-refractivity contribution in [1.29, 1.82) is 0 Å². The molecule has 18 heavy (non-hydrogen) atoms. The number of sulfone groups is 1. The van der Waals surface area contributed by atoms with Crippen LogP contribution in [0.4, 0.5) is 5.95 Å². The Bertz CT molecular complexity index is 545. The van der Waals surface area contributed by atoms with E-state index < -0.39 is 9.84 Å². The Labute approximate surface area is 111 Å². The second-order valence-electron chi connectivity index (χ2n) is 4.20. The van der Waals surface area contributed by atoms with Gasteiger partial charge >= 0.3 is 0 Å². The van der Waals surface area contributed by atoms with Gasteiger partial charge in [-0.25, -0.2) is 18.4 Å². The van der Waals surface area contributed by atoms with Crippen LogP contribution in [0.15, 0.2) is 12.3 Å². The highest BCUT2D eigenvalue weighted by Gasteiger charge is 2.23. The summed E-state index contributed by atoms with van der Waals surface area (Å²) >= 11 is 4.84. The van der Waals surface area contributed by atoms with Crippen molar-refractivity contribution in [3.05, 3.63) is 18.0 Å². The molecule has 1 aliphatic rings. The average molecular weight is 286 g/mol. The van der Waals surface area contributed by atoms with Crippen LogP contribution in [0.25, 0.3) is 0 Å². The number of nitrogens with zero attached hydrogens (tertiary/aromatic N) is 2. The highest BCUT2D eigenvalue weighted by Crippen LogP contribution is 2.15. The number of nitrogens with one attached hydrogen (secondary N) is 1. The Balaban J connectivity index is 2.02. The first kappa shape index (κ1) is 13.2. The van der Waals surface area contributed by atoms with Gasteiger partial charge in [-0.05, 0) is 18.9 Å². The summed E-state index contributed by atoms with van der Waals surface area (Å²) in [7, 11) is -2.85. The molecule has 1 aromatic rings. The zero-order chi connectivity index (χ0) is 13.2. The number of nitrogens with two attached hydrogens (primary N) is 1. The third kappa shape index (κ3) is 3.36. The van der Waals surface area contributed by atoms with Gasteiger partial charge < -0.3 is 11.1 Å². The third-order valence-electron chi connectivity index (χ3n) is 2.80. The monoisotopic (exact) mass is 286 g/mol. The zero-order valence-electron chi connectivity index (χ0n) is 9.67. The molecule has 1 fully saturated rings. The predicted molar refractivity (Wildman–Crippen MR) is 73.2 cm³/mol. The third-order valence-corrected chi connectivity index (χ3v) is 4.72. The first-order valence-electron chi connectivity index (χ1n) is 5.56. The first-order valence-corrected chi connectivity index (χ1v) is 7.79. The molecule has 0 spiro atoms. The lowest BCUT2D eigenvalue weighted by molar-refractivity contribution is 0.558. The van der Waals surface area contributed by atoms with Crippen molar-refractivity contribution in [1.82, 2.24) is 9.97 Å². The molecule has 2 heterocycles. The van der Waals surface area contributed by atoms with Gasteiger partial charge in [-0.2, -0.15) is 0 Å². The Morgan fingerprint density at radius 3 is 2.72 bits per heavy atom. The molecule has 0 unspecified atom stereocenters. The van der Waals surface area contributed by atoms with Crippen LogP contribution in [0.3, 0.4) is 0 Å². The van der Waals surface area contributed by atoms with Gasteiger partial charge in [0.2, 0.25) is 5.95 Å². The van der Waals surface area contributed by atoms with Crippen LogP contribution in [0.5, 0.6) is 0 Å². The minimum absolute atomic E-state index is 0.0788. The normalized spacial score (nSPS) is 19.3. The highest BCUT2D eigenvalue weighted by atomic mass is 32.2. The first-order chi connectivity index (χ1) is 8.46. The molecule has 0 bridgehead atoms. The van der Waals surface area contributed by atoms with E-state index in [0.717, 1.165) is 0 Å². The van der Waals surface area contributed by atoms with Crippen LogP contribution in [0.1, 0.15) is 18.5 Å². The fraction of sp³-hybridized carbons (Fsp3) is 0.500. The van der Waals surface area contributed by atoms with Crippen molar-refractivity contribution < 1.29 is 8.42 Å². The number of anilines is 1.